The number of hydrogen-bond acceptors (Lipinski definition) is 5. The van der Waals surface area contributed by atoms with Gasteiger partial charge in [0.1, 0.15) is 6.10 Å². The first-order valence-corrected chi connectivity index (χ1v) is 9.59. The highest BCUT2D eigenvalue weighted by Crippen LogP contribution is 2.17. The van der Waals surface area contributed by atoms with Gasteiger partial charge in [0.05, 0.1) is 4.90 Å². The van der Waals surface area contributed by atoms with Crippen LogP contribution in [-0.2, 0) is 19.6 Å². The minimum Gasteiger partial charge on any atom is -0.368 e. The van der Waals surface area contributed by atoms with E-state index in [1.54, 1.807) is 18.2 Å². The Labute approximate surface area is 151 Å². The van der Waals surface area contributed by atoms with Gasteiger partial charge in [-0.25, -0.2) is 13.1 Å². The van der Waals surface area contributed by atoms with Crippen molar-refractivity contribution < 1.29 is 22.7 Å². The lowest BCUT2D eigenvalue weighted by molar-refractivity contribution is -0.124. The first kappa shape index (κ1) is 18.1. The van der Waals surface area contributed by atoms with Crippen molar-refractivity contribution in [1.29, 1.82) is 0 Å². The summed E-state index contributed by atoms with van der Waals surface area (Å²) in [6, 6.07) is 13.7. The van der Waals surface area contributed by atoms with E-state index in [1.807, 2.05) is 4.72 Å². The number of hydrogen-bond donors (Lipinski definition) is 2. The van der Waals surface area contributed by atoms with Crippen molar-refractivity contribution >= 4 is 27.5 Å². The maximum atomic E-state index is 12.3. The maximum Gasteiger partial charge on any atom is 0.264 e. The molecule has 2 amide bonds. The lowest BCUT2D eigenvalue weighted by Gasteiger charge is -2.11. The van der Waals surface area contributed by atoms with Crippen molar-refractivity contribution in [2.75, 3.05) is 11.9 Å². The van der Waals surface area contributed by atoms with Crippen LogP contribution < -0.4 is 10.0 Å². The van der Waals surface area contributed by atoms with Crippen LogP contribution in [0.25, 0.3) is 0 Å². The number of nitrogens with one attached hydrogen (secondary N) is 2. The largest absolute Gasteiger partial charge is 0.368 e. The molecule has 3 rings (SSSR count). The molecule has 0 spiro atoms. The Bertz CT molecular complexity index is 889. The predicted molar refractivity (Wildman–Crippen MR) is 95.1 cm³/mol. The van der Waals surface area contributed by atoms with Crippen molar-refractivity contribution in [2.24, 2.45) is 0 Å². The molecule has 136 valence electrons. The van der Waals surface area contributed by atoms with Gasteiger partial charge in [-0.1, -0.05) is 18.2 Å². The molecular formula is C18H18N2O5S. The van der Waals surface area contributed by atoms with Crippen molar-refractivity contribution in [3.63, 3.8) is 0 Å². The normalized spacial score (nSPS) is 16.8. The van der Waals surface area contributed by atoms with Crippen molar-refractivity contribution in [2.45, 2.75) is 23.8 Å². The second kappa shape index (κ2) is 7.67. The minimum absolute atomic E-state index is 0.0723. The van der Waals surface area contributed by atoms with Gasteiger partial charge in [0.25, 0.3) is 21.8 Å². The molecule has 8 heteroatoms. The van der Waals surface area contributed by atoms with Gasteiger partial charge >= 0.3 is 0 Å². The van der Waals surface area contributed by atoms with Crippen LogP contribution in [0.2, 0.25) is 0 Å². The molecule has 1 atom stereocenters. The monoisotopic (exact) mass is 374 g/mol. The van der Waals surface area contributed by atoms with E-state index in [0.29, 0.717) is 18.7 Å². The molecule has 2 aromatic rings. The number of amides is 2. The molecular weight excluding hydrogens is 356 g/mol. The highest BCUT2D eigenvalue weighted by Gasteiger charge is 2.24. The lowest BCUT2D eigenvalue weighted by Crippen LogP contribution is -2.30. The Morgan fingerprint density at radius 1 is 1.00 bits per heavy atom. The molecule has 0 bridgehead atoms. The molecule has 0 radical (unpaired) electrons. The van der Waals surface area contributed by atoms with E-state index >= 15 is 0 Å². The van der Waals surface area contributed by atoms with Crippen LogP contribution in [0.3, 0.4) is 0 Å². The summed E-state index contributed by atoms with van der Waals surface area (Å²) in [7, 11) is -4.01. The van der Waals surface area contributed by atoms with Gasteiger partial charge in [-0.05, 0) is 49.2 Å². The van der Waals surface area contributed by atoms with Crippen molar-refractivity contribution in [3.05, 3.63) is 60.2 Å². The smallest absolute Gasteiger partial charge is 0.264 e. The Morgan fingerprint density at radius 3 is 2.31 bits per heavy atom. The number of rotatable bonds is 5. The summed E-state index contributed by atoms with van der Waals surface area (Å²) in [6.45, 7) is 0.566. The molecule has 0 aromatic heterocycles. The molecule has 1 aliphatic heterocycles. The zero-order valence-electron chi connectivity index (χ0n) is 13.8. The SMILES string of the molecule is O=C(NS(=O)(=O)c1ccc(NC(=O)[C@H]2CCCO2)cc1)c1ccccc1. The molecule has 1 fully saturated rings. The molecule has 2 aromatic carbocycles. The number of carbonyl (C=O) groups excluding carboxylic acids is 2. The van der Waals surface area contributed by atoms with E-state index in [2.05, 4.69) is 5.32 Å². The Hall–Kier alpha value is -2.71. The zero-order valence-corrected chi connectivity index (χ0v) is 14.7. The summed E-state index contributed by atoms with van der Waals surface area (Å²) in [5.74, 6) is -0.961. The van der Waals surface area contributed by atoms with Crippen LogP contribution in [0.1, 0.15) is 23.2 Å². The molecule has 1 aliphatic rings. The van der Waals surface area contributed by atoms with E-state index in [0.717, 1.165) is 6.42 Å². The van der Waals surface area contributed by atoms with Gasteiger partial charge in [0.15, 0.2) is 0 Å². The van der Waals surface area contributed by atoms with E-state index < -0.39 is 22.0 Å². The molecule has 0 saturated carbocycles. The second-order valence-corrected chi connectivity index (χ2v) is 7.50. The average molecular weight is 374 g/mol. The Kier molecular flexibility index (Phi) is 5.34. The topological polar surface area (TPSA) is 102 Å². The van der Waals surface area contributed by atoms with Crippen LogP contribution >= 0.6 is 0 Å². The highest BCUT2D eigenvalue weighted by molar-refractivity contribution is 7.90. The fraction of sp³-hybridized carbons (Fsp3) is 0.222. The van der Waals surface area contributed by atoms with Crippen LogP contribution in [0.15, 0.2) is 59.5 Å². The Morgan fingerprint density at radius 2 is 1.69 bits per heavy atom. The van der Waals surface area contributed by atoms with Crippen LogP contribution in [0, 0.1) is 0 Å². The van der Waals surface area contributed by atoms with Gasteiger partial charge in [0.2, 0.25) is 0 Å². The summed E-state index contributed by atoms with van der Waals surface area (Å²) >= 11 is 0. The van der Waals surface area contributed by atoms with Gasteiger partial charge in [-0.2, -0.15) is 0 Å². The third-order valence-corrected chi connectivity index (χ3v) is 5.26. The molecule has 7 nitrogen and oxygen atoms in total. The number of ether oxygens (including phenoxy) is 1. The third kappa shape index (κ3) is 4.27. The number of anilines is 1. The minimum atomic E-state index is -4.01. The second-order valence-electron chi connectivity index (χ2n) is 5.82. The van der Waals surface area contributed by atoms with Crippen molar-refractivity contribution in [1.82, 2.24) is 4.72 Å². The molecule has 1 saturated heterocycles. The van der Waals surface area contributed by atoms with E-state index in [9.17, 15) is 18.0 Å². The van der Waals surface area contributed by atoms with Gasteiger partial charge in [-0.3, -0.25) is 9.59 Å². The third-order valence-electron chi connectivity index (χ3n) is 3.92. The van der Waals surface area contributed by atoms with Gasteiger partial charge < -0.3 is 10.1 Å². The first-order chi connectivity index (χ1) is 12.5. The van der Waals surface area contributed by atoms with E-state index in [1.165, 1.54) is 36.4 Å². The van der Waals surface area contributed by atoms with Crippen molar-refractivity contribution in [3.8, 4) is 0 Å². The van der Waals surface area contributed by atoms with Gasteiger partial charge in [0, 0.05) is 17.9 Å². The maximum absolute atomic E-state index is 12.3. The van der Waals surface area contributed by atoms with Crippen LogP contribution in [0.5, 0.6) is 0 Å². The average Bonchev–Trinajstić information content (AvgIpc) is 3.17. The predicted octanol–water partition coefficient (Wildman–Crippen LogP) is 1.92. The summed E-state index contributed by atoms with van der Waals surface area (Å²) in [5, 5.41) is 2.68. The molecule has 0 unspecified atom stereocenters. The summed E-state index contributed by atoms with van der Waals surface area (Å²) in [4.78, 5) is 23.9. The standard InChI is InChI=1S/C18H18N2O5S/c21-17(13-5-2-1-3-6-13)20-26(23,24)15-10-8-14(9-11-15)19-18(22)16-7-4-12-25-16/h1-3,5-6,8-11,16H,4,7,12H2,(H,19,22)(H,20,21)/t16-/m1/s1. The summed E-state index contributed by atoms with van der Waals surface area (Å²) < 4.78 is 32.0. The lowest BCUT2D eigenvalue weighted by atomic mass is 10.2. The first-order valence-electron chi connectivity index (χ1n) is 8.10. The van der Waals surface area contributed by atoms with Gasteiger partial charge in [-0.15, -0.1) is 0 Å². The number of benzene rings is 2. The molecule has 1 heterocycles. The Balaban J connectivity index is 1.66. The number of carbonyl (C=O) groups is 2. The summed E-state index contributed by atoms with van der Waals surface area (Å²) in [6.07, 6.45) is 1.05. The molecule has 0 aliphatic carbocycles. The molecule has 2 N–H and O–H groups in total. The highest BCUT2D eigenvalue weighted by atomic mass is 32.2. The van der Waals surface area contributed by atoms with E-state index in [4.69, 9.17) is 4.74 Å². The summed E-state index contributed by atoms with van der Waals surface area (Å²) in [5.41, 5.74) is 0.704. The number of sulfonamides is 1. The molecule has 26 heavy (non-hydrogen) atoms. The zero-order chi connectivity index (χ0) is 18.6. The quantitative estimate of drug-likeness (QED) is 0.833. The van der Waals surface area contributed by atoms with Crippen LogP contribution in [0.4, 0.5) is 5.69 Å². The fourth-order valence-electron chi connectivity index (χ4n) is 2.55. The van der Waals surface area contributed by atoms with E-state index in [-0.39, 0.29) is 16.4 Å². The fourth-order valence-corrected chi connectivity index (χ4v) is 3.53. The van der Waals surface area contributed by atoms with Crippen LogP contribution in [-0.4, -0.2) is 32.9 Å².